The predicted molar refractivity (Wildman–Crippen MR) is 87.6 cm³/mol. The van der Waals surface area contributed by atoms with Crippen LogP contribution < -0.4 is 11.2 Å². The molecule has 0 aliphatic carbocycles. The highest BCUT2D eigenvalue weighted by molar-refractivity contribution is 6.64. The maximum atomic E-state index is 9.71. The van der Waals surface area contributed by atoms with E-state index in [2.05, 4.69) is 16.3 Å². The van der Waals surface area contributed by atoms with Gasteiger partial charge in [-0.3, -0.25) is 0 Å². The molecule has 0 bridgehead atoms. The maximum Gasteiger partial charge on any atom is 0.320 e. The third-order valence-electron chi connectivity index (χ3n) is 3.70. The number of rotatable bonds is 2. The molecular weight excluding hydrogens is 261 g/mol. The molecule has 3 aromatic rings. The molecule has 3 N–H and O–H groups in total. The average Bonchev–Trinajstić information content (AvgIpc) is 2.51. The van der Waals surface area contributed by atoms with E-state index in [4.69, 9.17) is 5.73 Å². The fourth-order valence-corrected chi connectivity index (χ4v) is 2.46. The summed E-state index contributed by atoms with van der Waals surface area (Å²) in [7, 11) is 0. The van der Waals surface area contributed by atoms with Crippen molar-refractivity contribution in [2.24, 2.45) is 0 Å². The molecule has 0 atom stereocenters. The normalized spacial score (nSPS) is 10.8. The molecule has 104 valence electrons. The number of hydrogen-bond donors (Lipinski definition) is 2. The van der Waals surface area contributed by atoms with Crippen molar-refractivity contribution in [1.82, 2.24) is 10.2 Å². The van der Waals surface area contributed by atoms with E-state index in [0.29, 0.717) is 5.82 Å². The van der Waals surface area contributed by atoms with Crippen molar-refractivity contribution in [2.45, 2.75) is 13.7 Å². The van der Waals surface area contributed by atoms with Crippen molar-refractivity contribution in [3.8, 4) is 11.1 Å². The van der Waals surface area contributed by atoms with E-state index in [1.165, 1.54) is 0 Å². The Balaban J connectivity index is 2.17. The van der Waals surface area contributed by atoms with Crippen molar-refractivity contribution in [1.29, 1.82) is 0 Å². The molecular formula is C16H16BN3O. The van der Waals surface area contributed by atoms with Crippen LogP contribution in [0.4, 0.5) is 5.82 Å². The monoisotopic (exact) mass is 277 g/mol. The summed E-state index contributed by atoms with van der Waals surface area (Å²) >= 11 is 0. The van der Waals surface area contributed by atoms with Gasteiger partial charge in [0, 0.05) is 10.8 Å². The van der Waals surface area contributed by atoms with Gasteiger partial charge in [-0.1, -0.05) is 37.2 Å². The lowest BCUT2D eigenvalue weighted by Crippen LogP contribution is -2.25. The zero-order chi connectivity index (χ0) is 15.0. The fourth-order valence-electron chi connectivity index (χ4n) is 2.46. The third kappa shape index (κ3) is 2.48. The summed E-state index contributed by atoms with van der Waals surface area (Å²) in [5, 5.41) is 19.6. The Morgan fingerprint density at radius 1 is 1.00 bits per heavy atom. The predicted octanol–water partition coefficient (Wildman–Crippen LogP) is 2.01. The molecule has 0 saturated heterocycles. The highest BCUT2D eigenvalue weighted by atomic mass is 16.2. The molecule has 0 amide bonds. The lowest BCUT2D eigenvalue weighted by atomic mass is 9.64. The molecule has 0 aliphatic heterocycles. The number of nitrogen functional groups attached to an aromatic ring is 1. The largest absolute Gasteiger partial charge is 0.447 e. The Hall–Kier alpha value is -2.40. The minimum Gasteiger partial charge on any atom is -0.447 e. The quantitative estimate of drug-likeness (QED) is 0.703. The van der Waals surface area contributed by atoms with Crippen LogP contribution in [0.2, 0.25) is 6.82 Å². The zero-order valence-corrected chi connectivity index (χ0v) is 12.0. The van der Waals surface area contributed by atoms with Crippen molar-refractivity contribution in [2.75, 3.05) is 5.73 Å². The van der Waals surface area contributed by atoms with Gasteiger partial charge >= 0.3 is 6.92 Å². The van der Waals surface area contributed by atoms with Crippen LogP contribution in [0.3, 0.4) is 0 Å². The van der Waals surface area contributed by atoms with Crippen LogP contribution >= 0.6 is 0 Å². The van der Waals surface area contributed by atoms with E-state index in [9.17, 15) is 5.02 Å². The Bertz CT molecular complexity index is 818. The Morgan fingerprint density at radius 3 is 2.52 bits per heavy atom. The maximum absolute atomic E-state index is 9.71. The standard InChI is InChI=1S/C16H16BN3O/c1-10-15-9-12(6-7-14(15)16(18)20-19-10)11-4-3-5-13(8-11)17(2)21/h3-9,21H,1-2H3,(H2,18,20). The van der Waals surface area contributed by atoms with E-state index in [0.717, 1.165) is 33.1 Å². The summed E-state index contributed by atoms with van der Waals surface area (Å²) in [6.07, 6.45) is 0. The summed E-state index contributed by atoms with van der Waals surface area (Å²) in [5.41, 5.74) is 9.76. The van der Waals surface area contributed by atoms with Gasteiger partial charge in [0.1, 0.15) is 0 Å². The van der Waals surface area contributed by atoms with E-state index in [1.54, 1.807) is 6.82 Å². The van der Waals surface area contributed by atoms with Gasteiger partial charge in [0.2, 0.25) is 0 Å². The first-order chi connectivity index (χ1) is 10.1. The van der Waals surface area contributed by atoms with Crippen molar-refractivity contribution < 1.29 is 5.02 Å². The second kappa shape index (κ2) is 5.18. The summed E-state index contributed by atoms with van der Waals surface area (Å²) < 4.78 is 0. The second-order valence-electron chi connectivity index (χ2n) is 5.23. The fraction of sp³-hybridized carbons (Fsp3) is 0.125. The number of aryl methyl sites for hydroxylation is 1. The van der Waals surface area contributed by atoms with Crippen LogP contribution in [-0.4, -0.2) is 22.1 Å². The molecule has 0 fully saturated rings. The van der Waals surface area contributed by atoms with Crippen LogP contribution in [0, 0.1) is 6.92 Å². The van der Waals surface area contributed by atoms with Gasteiger partial charge in [-0.2, -0.15) is 5.10 Å². The summed E-state index contributed by atoms with van der Waals surface area (Å²) in [5.74, 6) is 0.444. The molecule has 21 heavy (non-hydrogen) atoms. The molecule has 0 radical (unpaired) electrons. The molecule has 5 heteroatoms. The van der Waals surface area contributed by atoms with E-state index < -0.39 is 6.92 Å². The smallest absolute Gasteiger partial charge is 0.320 e. The summed E-state index contributed by atoms with van der Waals surface area (Å²) in [4.78, 5) is 0. The van der Waals surface area contributed by atoms with Gasteiger partial charge in [-0.05, 0) is 35.6 Å². The van der Waals surface area contributed by atoms with Crippen LogP contribution in [0.1, 0.15) is 5.69 Å². The van der Waals surface area contributed by atoms with Crippen LogP contribution in [0.5, 0.6) is 0 Å². The van der Waals surface area contributed by atoms with Gasteiger partial charge in [0.25, 0.3) is 0 Å². The number of nitrogens with two attached hydrogens (primary N) is 1. The molecule has 1 heterocycles. The molecule has 0 saturated carbocycles. The molecule has 0 unspecified atom stereocenters. The van der Waals surface area contributed by atoms with E-state index >= 15 is 0 Å². The highest BCUT2D eigenvalue weighted by Crippen LogP contribution is 2.27. The highest BCUT2D eigenvalue weighted by Gasteiger charge is 2.09. The molecule has 0 spiro atoms. The number of anilines is 1. The first-order valence-electron chi connectivity index (χ1n) is 6.87. The number of aromatic nitrogens is 2. The Kier molecular flexibility index (Phi) is 3.35. The summed E-state index contributed by atoms with van der Waals surface area (Å²) in [6, 6.07) is 13.9. The van der Waals surface area contributed by atoms with Gasteiger partial charge < -0.3 is 10.8 Å². The molecule has 2 aromatic carbocycles. The minimum atomic E-state index is -0.478. The van der Waals surface area contributed by atoms with Crippen molar-refractivity contribution >= 4 is 29.0 Å². The first kappa shape index (κ1) is 13.6. The van der Waals surface area contributed by atoms with Crippen molar-refractivity contribution in [3.05, 3.63) is 48.2 Å². The first-order valence-corrected chi connectivity index (χ1v) is 6.87. The van der Waals surface area contributed by atoms with Crippen LogP contribution in [-0.2, 0) is 0 Å². The van der Waals surface area contributed by atoms with Gasteiger partial charge in [-0.15, -0.1) is 5.10 Å². The molecule has 3 rings (SSSR count). The number of fused-ring (bicyclic) bond motifs is 1. The second-order valence-corrected chi connectivity index (χ2v) is 5.23. The van der Waals surface area contributed by atoms with Crippen LogP contribution in [0.25, 0.3) is 21.9 Å². The number of hydrogen-bond acceptors (Lipinski definition) is 4. The van der Waals surface area contributed by atoms with Gasteiger partial charge in [0.05, 0.1) is 5.69 Å². The molecule has 4 nitrogen and oxygen atoms in total. The van der Waals surface area contributed by atoms with Crippen molar-refractivity contribution in [3.63, 3.8) is 0 Å². The number of benzene rings is 2. The zero-order valence-electron chi connectivity index (χ0n) is 12.0. The van der Waals surface area contributed by atoms with Crippen LogP contribution in [0.15, 0.2) is 42.5 Å². The average molecular weight is 277 g/mol. The molecule has 0 aliphatic rings. The Labute approximate surface area is 123 Å². The van der Waals surface area contributed by atoms with Gasteiger partial charge in [-0.25, -0.2) is 0 Å². The Morgan fingerprint density at radius 2 is 1.76 bits per heavy atom. The van der Waals surface area contributed by atoms with E-state index in [-0.39, 0.29) is 0 Å². The third-order valence-corrected chi connectivity index (χ3v) is 3.70. The number of nitrogens with zero attached hydrogens (tertiary/aromatic N) is 2. The lowest BCUT2D eigenvalue weighted by molar-refractivity contribution is 0.594. The molecule has 1 aromatic heterocycles. The lowest BCUT2D eigenvalue weighted by Gasteiger charge is -2.09. The van der Waals surface area contributed by atoms with E-state index in [1.807, 2.05) is 43.3 Å². The topological polar surface area (TPSA) is 72.0 Å². The SMILES string of the molecule is CB(O)c1cccc(-c2ccc3c(N)nnc(C)c3c2)c1. The summed E-state index contributed by atoms with van der Waals surface area (Å²) in [6.45, 7) is 3.21. The van der Waals surface area contributed by atoms with Gasteiger partial charge in [0.15, 0.2) is 5.82 Å². The minimum absolute atomic E-state index is 0.444.